The Kier molecular flexibility index (Phi) is 8.23. The fourth-order valence-electron chi connectivity index (χ4n) is 5.41. The van der Waals surface area contributed by atoms with Gasteiger partial charge in [0.25, 0.3) is 0 Å². The number of nitrogens with zero attached hydrogens (tertiary/aromatic N) is 2. The molecule has 8 heteroatoms. The van der Waals surface area contributed by atoms with Gasteiger partial charge in [-0.3, -0.25) is 9.88 Å². The van der Waals surface area contributed by atoms with Gasteiger partial charge in [0.1, 0.15) is 5.82 Å². The minimum atomic E-state index is -4.54. The zero-order chi connectivity index (χ0) is 27.8. The lowest BCUT2D eigenvalue weighted by atomic mass is 9.78. The maximum atomic E-state index is 16.5. The molecule has 0 fully saturated rings. The van der Waals surface area contributed by atoms with Crippen molar-refractivity contribution in [3.8, 4) is 11.1 Å². The van der Waals surface area contributed by atoms with E-state index in [1.807, 2.05) is 20.9 Å². The normalized spacial score (nSPS) is 18.6. The van der Waals surface area contributed by atoms with Crippen LogP contribution in [0.15, 0.2) is 48.5 Å². The number of aromatic nitrogens is 1. The number of alkyl halides is 4. The molecule has 4 rings (SSSR count). The van der Waals surface area contributed by atoms with Crippen molar-refractivity contribution >= 4 is 0 Å². The number of aliphatic hydroxyl groups is 1. The Balaban J connectivity index is 2.01. The summed E-state index contributed by atoms with van der Waals surface area (Å²) in [4.78, 5) is 7.14. The first-order valence-corrected chi connectivity index (χ1v) is 13.0. The third-order valence-corrected chi connectivity index (χ3v) is 7.27. The molecule has 0 saturated carbocycles. The van der Waals surface area contributed by atoms with E-state index in [9.17, 15) is 22.7 Å². The van der Waals surface area contributed by atoms with Gasteiger partial charge >= 0.3 is 6.18 Å². The Hall–Kier alpha value is -2.84. The molecule has 0 radical (unpaired) electrons. The fourth-order valence-corrected chi connectivity index (χ4v) is 5.41. The molecule has 0 saturated heterocycles. The van der Waals surface area contributed by atoms with Gasteiger partial charge in [0.15, 0.2) is 6.17 Å². The lowest BCUT2D eigenvalue weighted by Gasteiger charge is -2.37. The van der Waals surface area contributed by atoms with Crippen LogP contribution < -0.4 is 0 Å². The van der Waals surface area contributed by atoms with E-state index in [0.29, 0.717) is 40.9 Å². The third kappa shape index (κ3) is 5.47. The highest BCUT2D eigenvalue weighted by Crippen LogP contribution is 2.49. The molecule has 2 aromatic carbocycles. The van der Waals surface area contributed by atoms with Gasteiger partial charge in [-0.1, -0.05) is 45.0 Å². The summed E-state index contributed by atoms with van der Waals surface area (Å²) < 4.78 is 69.9. The van der Waals surface area contributed by atoms with Crippen molar-refractivity contribution in [1.82, 2.24) is 9.88 Å². The van der Waals surface area contributed by atoms with E-state index in [0.717, 1.165) is 37.2 Å². The van der Waals surface area contributed by atoms with E-state index >= 15 is 4.39 Å². The van der Waals surface area contributed by atoms with Crippen molar-refractivity contribution in [3.63, 3.8) is 0 Å². The van der Waals surface area contributed by atoms with E-state index in [1.54, 1.807) is 12.1 Å². The highest BCUT2D eigenvalue weighted by Gasteiger charge is 2.37. The summed E-state index contributed by atoms with van der Waals surface area (Å²) in [6, 6.07) is 9.57. The van der Waals surface area contributed by atoms with E-state index < -0.39 is 29.8 Å². The second kappa shape index (κ2) is 11.1. The summed E-state index contributed by atoms with van der Waals surface area (Å²) in [5.74, 6) is -0.679. The first-order valence-electron chi connectivity index (χ1n) is 13.0. The Morgan fingerprint density at radius 2 is 1.66 bits per heavy atom. The summed E-state index contributed by atoms with van der Waals surface area (Å²) in [7, 11) is 2.00. The first-order chi connectivity index (χ1) is 17.9. The van der Waals surface area contributed by atoms with Gasteiger partial charge in [0, 0.05) is 11.1 Å². The van der Waals surface area contributed by atoms with Crippen molar-refractivity contribution in [2.75, 3.05) is 13.6 Å². The van der Waals surface area contributed by atoms with Crippen LogP contribution in [0, 0.1) is 5.82 Å². The molecule has 0 aliphatic heterocycles. The topological polar surface area (TPSA) is 36.4 Å². The van der Waals surface area contributed by atoms with Gasteiger partial charge in [-0.2, -0.15) is 13.2 Å². The van der Waals surface area contributed by atoms with Crippen LogP contribution in [0.2, 0.25) is 0 Å². The molecule has 3 aromatic rings. The Morgan fingerprint density at radius 1 is 1.03 bits per heavy atom. The lowest BCUT2D eigenvalue weighted by molar-refractivity contribution is -0.137. The fraction of sp³-hybridized carbons (Fsp3) is 0.433. The van der Waals surface area contributed by atoms with E-state index in [4.69, 9.17) is 4.98 Å². The largest absolute Gasteiger partial charge is 0.416 e. The third-order valence-electron chi connectivity index (χ3n) is 7.27. The molecular weight excluding hydrogens is 499 g/mol. The smallest absolute Gasteiger partial charge is 0.388 e. The Bertz CT molecular complexity index is 1260. The average molecular weight is 533 g/mol. The van der Waals surface area contributed by atoms with Gasteiger partial charge in [0.2, 0.25) is 0 Å². The molecule has 1 N–H and O–H groups in total. The second-order valence-electron chi connectivity index (χ2n) is 10.3. The van der Waals surface area contributed by atoms with Crippen LogP contribution in [0.25, 0.3) is 11.1 Å². The molecule has 3 atom stereocenters. The first kappa shape index (κ1) is 28.2. The molecule has 204 valence electrons. The second-order valence-corrected chi connectivity index (χ2v) is 10.3. The van der Waals surface area contributed by atoms with Gasteiger partial charge in [-0.25, -0.2) is 8.78 Å². The number of rotatable bonds is 7. The predicted molar refractivity (Wildman–Crippen MR) is 138 cm³/mol. The van der Waals surface area contributed by atoms with Crippen molar-refractivity contribution in [2.24, 2.45) is 0 Å². The maximum Gasteiger partial charge on any atom is 0.416 e. The molecule has 1 aliphatic rings. The number of hydrogen-bond acceptors (Lipinski definition) is 3. The zero-order valence-electron chi connectivity index (χ0n) is 22.0. The minimum Gasteiger partial charge on any atom is -0.388 e. The highest BCUT2D eigenvalue weighted by molar-refractivity contribution is 5.75. The van der Waals surface area contributed by atoms with E-state index in [2.05, 4.69) is 11.8 Å². The molecular formula is C30H33F5N2O. The van der Waals surface area contributed by atoms with Crippen molar-refractivity contribution in [2.45, 2.75) is 70.4 Å². The van der Waals surface area contributed by atoms with Crippen molar-refractivity contribution < 1.29 is 27.1 Å². The number of halogens is 5. The molecule has 1 heterocycles. The van der Waals surface area contributed by atoms with E-state index in [1.165, 1.54) is 12.1 Å². The summed E-state index contributed by atoms with van der Waals surface area (Å²) in [6.07, 6.45) is -5.22. The maximum absolute atomic E-state index is 16.5. The van der Waals surface area contributed by atoms with Crippen LogP contribution in [0.5, 0.6) is 0 Å². The van der Waals surface area contributed by atoms with Crippen LogP contribution in [0.4, 0.5) is 22.0 Å². The number of pyridine rings is 1. The number of hydrogen-bond donors (Lipinski definition) is 1. The molecule has 38 heavy (non-hydrogen) atoms. The SMILES string of the molecule is CCCN(C)C1CCC(O)c2c1nc(C(C)C)c(C(F)c1ccc(C(F)(F)F)cc1)c2-c1ccc(F)cc1. The Labute approximate surface area is 220 Å². The predicted octanol–water partition coefficient (Wildman–Crippen LogP) is 8.30. The number of aliphatic hydroxyl groups excluding tert-OH is 1. The Morgan fingerprint density at radius 3 is 2.21 bits per heavy atom. The summed E-state index contributed by atoms with van der Waals surface area (Å²) in [6.45, 7) is 6.66. The average Bonchev–Trinajstić information content (AvgIpc) is 2.87. The van der Waals surface area contributed by atoms with E-state index in [-0.39, 0.29) is 23.1 Å². The molecule has 0 spiro atoms. The van der Waals surface area contributed by atoms with Crippen LogP contribution in [-0.2, 0) is 6.18 Å². The standard InChI is InChI=1S/C30H33F5N2O/c1-5-16-37(4)22-14-15-23(38)25-24(18-8-12-21(31)13-9-18)26(28(17(2)3)36-29(22)25)27(32)19-6-10-20(11-7-19)30(33,34)35/h6-13,17,22-23,27,38H,5,14-16H2,1-4H3. The molecule has 3 unspecified atom stereocenters. The molecule has 1 aliphatic carbocycles. The van der Waals surface area contributed by atoms with Crippen LogP contribution in [-0.4, -0.2) is 28.6 Å². The minimum absolute atomic E-state index is 0.0509. The molecule has 0 amide bonds. The summed E-state index contributed by atoms with van der Waals surface area (Å²) >= 11 is 0. The van der Waals surface area contributed by atoms with Gasteiger partial charge in [-0.05, 0) is 79.7 Å². The van der Waals surface area contributed by atoms with Crippen molar-refractivity contribution in [1.29, 1.82) is 0 Å². The van der Waals surface area contributed by atoms with Crippen LogP contribution >= 0.6 is 0 Å². The van der Waals surface area contributed by atoms with Crippen LogP contribution in [0.1, 0.15) is 97.9 Å². The van der Waals surface area contributed by atoms with Gasteiger partial charge in [-0.15, -0.1) is 0 Å². The molecule has 1 aromatic heterocycles. The molecule has 0 bridgehead atoms. The van der Waals surface area contributed by atoms with Gasteiger partial charge < -0.3 is 5.11 Å². The van der Waals surface area contributed by atoms with Crippen molar-refractivity contribution in [3.05, 3.63) is 88.0 Å². The highest BCUT2D eigenvalue weighted by atomic mass is 19.4. The quantitative estimate of drug-likeness (QED) is 0.311. The number of benzene rings is 2. The summed E-state index contributed by atoms with van der Waals surface area (Å²) in [5, 5.41) is 11.2. The summed E-state index contributed by atoms with van der Waals surface area (Å²) in [5.41, 5.74) is 1.99. The monoisotopic (exact) mass is 532 g/mol. The zero-order valence-corrected chi connectivity index (χ0v) is 22.0. The molecule has 3 nitrogen and oxygen atoms in total. The van der Waals surface area contributed by atoms with Gasteiger partial charge in [0.05, 0.1) is 29.1 Å². The lowest BCUT2D eigenvalue weighted by Crippen LogP contribution is -2.32. The van der Waals surface area contributed by atoms with Crippen LogP contribution in [0.3, 0.4) is 0 Å². The number of fused-ring (bicyclic) bond motifs is 1.